The molecule has 0 aliphatic carbocycles. The highest BCUT2D eigenvalue weighted by atomic mass is 16.5. The van der Waals surface area contributed by atoms with Gasteiger partial charge in [-0.15, -0.1) is 0 Å². The summed E-state index contributed by atoms with van der Waals surface area (Å²) in [7, 11) is 3.07. The van der Waals surface area contributed by atoms with E-state index in [2.05, 4.69) is 0 Å². The molecule has 0 unspecified atom stereocenters. The van der Waals surface area contributed by atoms with Crippen molar-refractivity contribution < 1.29 is 24.2 Å². The van der Waals surface area contributed by atoms with Crippen molar-refractivity contribution in [1.29, 1.82) is 0 Å². The molecule has 0 aromatic heterocycles. The lowest BCUT2D eigenvalue weighted by Gasteiger charge is -2.16. The predicted molar refractivity (Wildman–Crippen MR) is 74.7 cm³/mol. The number of rotatable bonds is 8. The van der Waals surface area contributed by atoms with Crippen LogP contribution >= 0.6 is 0 Å². The maximum absolute atomic E-state index is 12.2. The van der Waals surface area contributed by atoms with Gasteiger partial charge >= 0.3 is 5.97 Å². The zero-order valence-electron chi connectivity index (χ0n) is 12.1. The van der Waals surface area contributed by atoms with E-state index in [0.29, 0.717) is 23.5 Å². The Hall–Kier alpha value is -2.04. The molecule has 20 heavy (non-hydrogen) atoms. The van der Waals surface area contributed by atoms with Crippen molar-refractivity contribution in [1.82, 2.24) is 0 Å². The van der Waals surface area contributed by atoms with E-state index in [1.165, 1.54) is 7.11 Å². The van der Waals surface area contributed by atoms with Gasteiger partial charge in [-0.25, -0.2) is 0 Å². The van der Waals surface area contributed by atoms with Crippen LogP contribution in [0.2, 0.25) is 0 Å². The number of Topliss-reactive ketones (excluding diaryl/α,β-unsaturated/α-hetero) is 1. The average molecular weight is 280 g/mol. The third kappa shape index (κ3) is 3.73. The van der Waals surface area contributed by atoms with E-state index in [1.54, 1.807) is 19.2 Å². The molecule has 0 radical (unpaired) electrons. The number of carbonyl (C=O) groups excluding carboxylic acids is 1. The lowest BCUT2D eigenvalue weighted by atomic mass is 9.96. The summed E-state index contributed by atoms with van der Waals surface area (Å²) < 4.78 is 10.6. The number of aliphatic carboxylic acids is 1. The Morgan fingerprint density at radius 1 is 1.15 bits per heavy atom. The van der Waals surface area contributed by atoms with Crippen molar-refractivity contribution in [2.75, 3.05) is 14.2 Å². The average Bonchev–Trinajstić information content (AvgIpc) is 2.44. The van der Waals surface area contributed by atoms with Gasteiger partial charge in [0.15, 0.2) is 17.3 Å². The number of hydrogen-bond acceptors (Lipinski definition) is 4. The van der Waals surface area contributed by atoms with Gasteiger partial charge in [0.05, 0.1) is 20.6 Å². The van der Waals surface area contributed by atoms with Crippen LogP contribution in [0.5, 0.6) is 11.5 Å². The highest BCUT2D eigenvalue weighted by Gasteiger charge is 2.19. The second-order valence-electron chi connectivity index (χ2n) is 4.39. The van der Waals surface area contributed by atoms with Gasteiger partial charge in [-0.1, -0.05) is 13.3 Å². The van der Waals surface area contributed by atoms with Crippen LogP contribution in [0.3, 0.4) is 0 Å². The first kappa shape index (κ1) is 16.0. The Kier molecular flexibility index (Phi) is 6.03. The highest BCUT2D eigenvalue weighted by molar-refractivity contribution is 5.99. The minimum atomic E-state index is -0.976. The van der Waals surface area contributed by atoms with Crippen LogP contribution in [0.15, 0.2) is 12.1 Å². The normalized spacial score (nSPS) is 10.2. The number of methoxy groups -OCH3 is 2. The molecular formula is C15H20O5. The van der Waals surface area contributed by atoms with Gasteiger partial charge in [0.25, 0.3) is 0 Å². The van der Waals surface area contributed by atoms with Crippen molar-refractivity contribution in [3.63, 3.8) is 0 Å². The largest absolute Gasteiger partial charge is 0.493 e. The minimum Gasteiger partial charge on any atom is -0.493 e. The fourth-order valence-electron chi connectivity index (χ4n) is 2.11. The molecule has 0 aliphatic heterocycles. The SMILES string of the molecule is CCCc1c(C(=O)CCC(=O)O)ccc(OC)c1OC. The Bertz CT molecular complexity index is 493. The lowest BCUT2D eigenvalue weighted by molar-refractivity contribution is -0.136. The summed E-state index contributed by atoms with van der Waals surface area (Å²) in [6, 6.07) is 3.35. The van der Waals surface area contributed by atoms with Crippen LogP contribution in [-0.4, -0.2) is 31.1 Å². The van der Waals surface area contributed by atoms with Crippen LogP contribution in [-0.2, 0) is 11.2 Å². The van der Waals surface area contributed by atoms with E-state index in [1.807, 2.05) is 6.92 Å². The number of benzene rings is 1. The molecule has 0 aliphatic rings. The maximum atomic E-state index is 12.2. The molecule has 5 heteroatoms. The van der Waals surface area contributed by atoms with Gasteiger partial charge in [-0.2, -0.15) is 0 Å². The van der Waals surface area contributed by atoms with Gasteiger partial charge in [0, 0.05) is 17.5 Å². The molecule has 110 valence electrons. The number of carboxylic acids is 1. The standard InChI is InChI=1S/C15H20O5/c1-4-5-11-10(12(16)7-9-14(17)18)6-8-13(19-2)15(11)20-3/h6,8H,4-5,7,9H2,1-3H3,(H,17,18). The quantitative estimate of drug-likeness (QED) is 0.741. The summed E-state index contributed by atoms with van der Waals surface area (Å²) >= 11 is 0. The summed E-state index contributed by atoms with van der Waals surface area (Å²) in [5.41, 5.74) is 1.30. The number of ketones is 1. The smallest absolute Gasteiger partial charge is 0.303 e. The van der Waals surface area contributed by atoms with Gasteiger partial charge in [0.2, 0.25) is 0 Å². The number of carbonyl (C=O) groups is 2. The van der Waals surface area contributed by atoms with Crippen LogP contribution in [0.1, 0.15) is 42.1 Å². The van der Waals surface area contributed by atoms with E-state index >= 15 is 0 Å². The molecule has 0 atom stereocenters. The summed E-state index contributed by atoms with van der Waals surface area (Å²) in [6.45, 7) is 2.00. The Morgan fingerprint density at radius 3 is 2.35 bits per heavy atom. The highest BCUT2D eigenvalue weighted by Crippen LogP contribution is 2.35. The second kappa shape index (κ2) is 7.53. The summed E-state index contributed by atoms with van der Waals surface area (Å²) in [5.74, 6) is -0.0334. The molecule has 0 spiro atoms. The fourth-order valence-corrected chi connectivity index (χ4v) is 2.11. The zero-order valence-corrected chi connectivity index (χ0v) is 12.1. The summed E-state index contributed by atoms with van der Waals surface area (Å²) in [5, 5.41) is 8.67. The van der Waals surface area contributed by atoms with E-state index in [9.17, 15) is 9.59 Å². The molecule has 0 saturated heterocycles. The van der Waals surface area contributed by atoms with Gasteiger partial charge < -0.3 is 14.6 Å². The Morgan fingerprint density at radius 2 is 1.85 bits per heavy atom. The molecule has 1 rings (SSSR count). The first-order valence-corrected chi connectivity index (χ1v) is 6.54. The van der Waals surface area contributed by atoms with E-state index in [0.717, 1.165) is 12.0 Å². The molecule has 0 amide bonds. The lowest BCUT2D eigenvalue weighted by Crippen LogP contribution is -2.09. The van der Waals surface area contributed by atoms with E-state index in [-0.39, 0.29) is 18.6 Å². The van der Waals surface area contributed by atoms with Gasteiger partial charge in [-0.3, -0.25) is 9.59 Å². The van der Waals surface area contributed by atoms with Crippen LogP contribution in [0, 0.1) is 0 Å². The van der Waals surface area contributed by atoms with E-state index < -0.39 is 5.97 Å². The second-order valence-corrected chi connectivity index (χ2v) is 4.39. The molecule has 1 aromatic rings. The third-order valence-corrected chi connectivity index (χ3v) is 3.01. The zero-order chi connectivity index (χ0) is 15.1. The molecule has 0 bridgehead atoms. The minimum absolute atomic E-state index is 0.0124. The van der Waals surface area contributed by atoms with Crippen molar-refractivity contribution in [2.24, 2.45) is 0 Å². The van der Waals surface area contributed by atoms with Crippen molar-refractivity contribution >= 4 is 11.8 Å². The van der Waals surface area contributed by atoms with Crippen LogP contribution < -0.4 is 9.47 Å². The Labute approximate surface area is 118 Å². The predicted octanol–water partition coefficient (Wildman–Crippen LogP) is 2.70. The number of hydrogen-bond donors (Lipinski definition) is 1. The summed E-state index contributed by atoms with van der Waals surface area (Å²) in [6.07, 6.45) is 1.34. The van der Waals surface area contributed by atoms with E-state index in [4.69, 9.17) is 14.6 Å². The molecule has 0 heterocycles. The monoisotopic (exact) mass is 280 g/mol. The molecule has 0 saturated carbocycles. The van der Waals surface area contributed by atoms with Crippen molar-refractivity contribution in [3.05, 3.63) is 23.3 Å². The molecule has 5 nitrogen and oxygen atoms in total. The van der Waals surface area contributed by atoms with Gasteiger partial charge in [-0.05, 0) is 18.6 Å². The molecule has 1 N–H and O–H groups in total. The summed E-state index contributed by atoms with van der Waals surface area (Å²) in [4.78, 5) is 22.7. The number of ether oxygens (including phenoxy) is 2. The number of carboxylic acid groups (broad SMARTS) is 1. The topological polar surface area (TPSA) is 72.8 Å². The van der Waals surface area contributed by atoms with Crippen molar-refractivity contribution in [2.45, 2.75) is 32.6 Å². The first-order valence-electron chi connectivity index (χ1n) is 6.54. The third-order valence-electron chi connectivity index (χ3n) is 3.01. The Balaban J connectivity index is 3.17. The van der Waals surface area contributed by atoms with Crippen LogP contribution in [0.25, 0.3) is 0 Å². The maximum Gasteiger partial charge on any atom is 0.303 e. The van der Waals surface area contributed by atoms with Gasteiger partial charge in [0.1, 0.15) is 0 Å². The molecule has 1 aromatic carbocycles. The molecular weight excluding hydrogens is 260 g/mol. The van der Waals surface area contributed by atoms with Crippen LogP contribution in [0.4, 0.5) is 0 Å². The fraction of sp³-hybridized carbons (Fsp3) is 0.467. The first-order chi connectivity index (χ1) is 9.54. The molecule has 0 fully saturated rings. The van der Waals surface area contributed by atoms with Crippen molar-refractivity contribution in [3.8, 4) is 11.5 Å².